The summed E-state index contributed by atoms with van der Waals surface area (Å²) in [6, 6.07) is 30.4. The van der Waals surface area contributed by atoms with Gasteiger partial charge in [-0.15, -0.1) is 0 Å². The molecule has 5 aromatic carbocycles. The summed E-state index contributed by atoms with van der Waals surface area (Å²) in [6.45, 7) is 17.0. The van der Waals surface area contributed by atoms with Crippen molar-refractivity contribution in [3.05, 3.63) is 166 Å². The quantitative estimate of drug-likeness (QED) is 0.0296. The maximum absolute atomic E-state index is 13.5. The van der Waals surface area contributed by atoms with E-state index >= 15 is 0 Å². The third-order valence-corrected chi connectivity index (χ3v) is 12.2. The van der Waals surface area contributed by atoms with Crippen LogP contribution in [-0.2, 0) is 20.5 Å². The zero-order valence-electron chi connectivity index (χ0n) is 43.3. The summed E-state index contributed by atoms with van der Waals surface area (Å²) < 4.78 is 44.0. The second-order valence-corrected chi connectivity index (χ2v) is 17.5. The number of hydrogen-bond acceptors (Lipinski definition) is 13. The highest BCUT2D eigenvalue weighted by Gasteiger charge is 2.22. The summed E-state index contributed by atoms with van der Waals surface area (Å²) in [4.78, 5) is 54.4. The summed E-state index contributed by atoms with van der Waals surface area (Å²) >= 11 is 0. The summed E-state index contributed by atoms with van der Waals surface area (Å²) in [5.74, 6) is 5.03. The molecule has 0 bridgehead atoms. The van der Waals surface area contributed by atoms with E-state index in [1.165, 1.54) is 21.1 Å². The molecule has 382 valence electrons. The standard InChI is InChI=1S/C27H29O5P.C13H17O4P.C9H10O2.C5H10O.C2H4O/c1-4-10-21-11-6-7-12-22(21)27(29)23-13-8-9-14-24(23)31-33(17-5-2)32-25-16-15-20(19-28)18-26(25)30-3;1-5-10(2)16-18(4)17-12-7-6-11(9-14)8-13(12)15-3;1-7-3-4-8(6-10)5-9(7)11-2;1-4-5(2)6-3;1-2-3/h6-9,11-16,18-19H,4-5,10,17H2,1-3H3;5-9H,1-4H3;3-6H,1-2H3;4H,1-3H3;2H,1H3/b;10-5+;;5-4+;. The van der Waals surface area contributed by atoms with Crippen LogP contribution >= 0.6 is 16.8 Å². The van der Waals surface area contributed by atoms with Gasteiger partial charge in [0, 0.05) is 35.1 Å². The molecule has 0 aromatic heterocycles. The highest BCUT2D eigenvalue weighted by molar-refractivity contribution is 7.48. The highest BCUT2D eigenvalue weighted by Crippen LogP contribution is 2.45. The normalized spacial score (nSPS) is 11.2. The molecule has 0 aliphatic carbocycles. The van der Waals surface area contributed by atoms with Crippen LogP contribution in [0, 0.1) is 6.92 Å². The van der Waals surface area contributed by atoms with E-state index in [9.17, 15) is 19.2 Å². The number of carbonyl (C=O) groups is 5. The molecule has 5 rings (SSSR count). The van der Waals surface area contributed by atoms with E-state index in [4.69, 9.17) is 41.8 Å². The second-order valence-electron chi connectivity index (χ2n) is 14.7. The number of hydrogen-bond donors (Lipinski definition) is 0. The van der Waals surface area contributed by atoms with Crippen molar-refractivity contribution in [3.63, 3.8) is 0 Å². The van der Waals surface area contributed by atoms with Crippen LogP contribution in [0.1, 0.15) is 119 Å². The first-order valence-electron chi connectivity index (χ1n) is 22.7. The molecule has 0 amide bonds. The van der Waals surface area contributed by atoms with E-state index in [1.54, 1.807) is 74.9 Å². The van der Waals surface area contributed by atoms with Crippen molar-refractivity contribution in [1.82, 2.24) is 0 Å². The molecule has 0 N–H and O–H groups in total. The molecule has 5 aromatic rings. The van der Waals surface area contributed by atoms with E-state index in [-0.39, 0.29) is 5.78 Å². The Morgan fingerprint density at radius 3 is 1.48 bits per heavy atom. The lowest BCUT2D eigenvalue weighted by Crippen LogP contribution is -2.08. The maximum Gasteiger partial charge on any atom is 0.290 e. The molecule has 0 heterocycles. The Kier molecular flexibility index (Phi) is 31.7. The average Bonchev–Trinajstić information content (AvgIpc) is 3.39. The predicted molar refractivity (Wildman–Crippen MR) is 286 cm³/mol. The fourth-order valence-corrected chi connectivity index (χ4v) is 8.04. The molecule has 0 aliphatic rings. The fourth-order valence-electron chi connectivity index (χ4n) is 5.73. The summed E-state index contributed by atoms with van der Waals surface area (Å²) in [5.41, 5.74) is 4.98. The van der Waals surface area contributed by atoms with Gasteiger partial charge in [-0.25, -0.2) is 0 Å². The Balaban J connectivity index is 0.000000550. The summed E-state index contributed by atoms with van der Waals surface area (Å²) in [5, 5.41) is 0. The Labute approximate surface area is 423 Å². The van der Waals surface area contributed by atoms with Gasteiger partial charge in [-0.2, -0.15) is 0 Å². The third kappa shape index (κ3) is 22.7. The monoisotopic (exact) mass is 1010 g/mol. The van der Waals surface area contributed by atoms with Gasteiger partial charge in [0.05, 0.1) is 45.5 Å². The Morgan fingerprint density at radius 2 is 1.01 bits per heavy atom. The fraction of sp³-hybridized carbons (Fsp3) is 0.304. The Morgan fingerprint density at radius 1 is 0.549 bits per heavy atom. The zero-order chi connectivity index (χ0) is 53.1. The number of methoxy groups -OCH3 is 4. The lowest BCUT2D eigenvalue weighted by Gasteiger charge is -2.21. The van der Waals surface area contributed by atoms with Gasteiger partial charge >= 0.3 is 0 Å². The van der Waals surface area contributed by atoms with Crippen molar-refractivity contribution in [2.45, 2.75) is 74.7 Å². The van der Waals surface area contributed by atoms with Crippen molar-refractivity contribution in [3.8, 4) is 34.5 Å². The van der Waals surface area contributed by atoms with Crippen molar-refractivity contribution in [1.29, 1.82) is 0 Å². The largest absolute Gasteiger partial charge is 0.502 e. The molecule has 0 radical (unpaired) electrons. The molecule has 2 atom stereocenters. The van der Waals surface area contributed by atoms with E-state index < -0.39 is 16.8 Å². The summed E-state index contributed by atoms with van der Waals surface area (Å²) in [7, 11) is 3.85. The Bertz CT molecular complexity index is 2470. The summed E-state index contributed by atoms with van der Waals surface area (Å²) in [6.07, 6.45) is 10.2. The number of ether oxygens (including phenoxy) is 4. The van der Waals surface area contributed by atoms with Gasteiger partial charge < -0.3 is 41.8 Å². The minimum absolute atomic E-state index is 0.0611. The molecule has 2 unspecified atom stereocenters. The Hall–Kier alpha value is -6.81. The smallest absolute Gasteiger partial charge is 0.290 e. The lowest BCUT2D eigenvalue weighted by molar-refractivity contribution is -0.106. The first-order chi connectivity index (χ1) is 34.2. The van der Waals surface area contributed by atoms with Gasteiger partial charge in [0.15, 0.2) is 28.8 Å². The number of benzene rings is 5. The first kappa shape index (κ1) is 62.2. The number of allylic oxidation sites excluding steroid dienone is 4. The van der Waals surface area contributed by atoms with E-state index in [0.29, 0.717) is 62.7 Å². The van der Waals surface area contributed by atoms with Crippen LogP contribution < -0.4 is 27.8 Å². The minimum atomic E-state index is -1.39. The van der Waals surface area contributed by atoms with Crippen LogP contribution in [0.4, 0.5) is 0 Å². The number of aryl methyl sites for hydroxylation is 2. The van der Waals surface area contributed by atoms with Gasteiger partial charge in [-0.3, -0.25) is 19.2 Å². The van der Waals surface area contributed by atoms with Crippen molar-refractivity contribution in [2.24, 2.45) is 0 Å². The number of carbonyl (C=O) groups excluding carboxylic acids is 5. The number of para-hydroxylation sites is 1. The number of rotatable bonds is 21. The van der Waals surface area contributed by atoms with Gasteiger partial charge in [-0.1, -0.05) is 74.9 Å². The van der Waals surface area contributed by atoms with E-state index in [0.717, 1.165) is 72.8 Å². The third-order valence-electron chi connectivity index (χ3n) is 9.57. The van der Waals surface area contributed by atoms with Gasteiger partial charge in [0.2, 0.25) is 0 Å². The van der Waals surface area contributed by atoms with Crippen LogP contribution in [0.5, 0.6) is 34.5 Å². The van der Waals surface area contributed by atoms with Crippen LogP contribution in [0.15, 0.2) is 127 Å². The van der Waals surface area contributed by atoms with E-state index in [1.807, 2.05) is 103 Å². The molecule has 15 heteroatoms. The molecule has 0 aliphatic heterocycles. The first-order valence-corrected chi connectivity index (χ1v) is 25.7. The molecule has 0 spiro atoms. The van der Waals surface area contributed by atoms with Crippen molar-refractivity contribution >= 4 is 47.7 Å². The molecule has 0 saturated heterocycles. The second kappa shape index (κ2) is 36.2. The zero-order valence-corrected chi connectivity index (χ0v) is 45.1. The number of ketones is 1. The van der Waals surface area contributed by atoms with E-state index in [2.05, 4.69) is 6.92 Å². The molecule has 71 heavy (non-hydrogen) atoms. The van der Waals surface area contributed by atoms with Gasteiger partial charge in [0.1, 0.15) is 36.6 Å². The minimum Gasteiger partial charge on any atom is -0.502 e. The average molecular weight is 1010 g/mol. The van der Waals surface area contributed by atoms with Crippen LogP contribution in [0.2, 0.25) is 0 Å². The topological polar surface area (TPSA) is 159 Å². The maximum atomic E-state index is 13.5. The van der Waals surface area contributed by atoms with Crippen molar-refractivity contribution in [2.75, 3.05) is 41.3 Å². The molecule has 13 nitrogen and oxygen atoms in total. The van der Waals surface area contributed by atoms with Crippen LogP contribution in [0.25, 0.3) is 0 Å². The SMILES string of the molecule is C/C=C(\C)OC.C/C=C(\C)OP(C)Oc1ccc(C=O)cc1OC.CC=O.CCCc1ccccc1C(=O)c1ccccc1OP(CCC)Oc1ccc(C=O)cc1OC.COc1cc(C=O)ccc1C. The lowest BCUT2D eigenvalue weighted by atomic mass is 9.95. The number of aldehydes is 4. The van der Waals surface area contributed by atoms with Crippen molar-refractivity contribution < 1.29 is 61.0 Å². The van der Waals surface area contributed by atoms with Crippen LogP contribution in [0.3, 0.4) is 0 Å². The molecule has 0 fully saturated rings. The molecular formula is C56H70O13P2. The van der Waals surface area contributed by atoms with Gasteiger partial charge in [0.25, 0.3) is 16.8 Å². The van der Waals surface area contributed by atoms with Gasteiger partial charge in [-0.05, 0) is 126 Å². The molecule has 0 saturated carbocycles. The predicted octanol–water partition coefficient (Wildman–Crippen LogP) is 14.2. The molecular weight excluding hydrogens is 943 g/mol. The van der Waals surface area contributed by atoms with Crippen LogP contribution in [-0.4, -0.2) is 72.2 Å². The highest BCUT2D eigenvalue weighted by atomic mass is 31.2.